The van der Waals surface area contributed by atoms with Crippen LogP contribution in [0, 0.1) is 5.92 Å². The van der Waals surface area contributed by atoms with Crippen molar-refractivity contribution in [1.82, 2.24) is 9.97 Å². The van der Waals surface area contributed by atoms with Crippen molar-refractivity contribution in [1.29, 1.82) is 0 Å². The minimum Gasteiger partial charge on any atom is -0.370 e. The first-order valence-electron chi connectivity index (χ1n) is 6.60. The van der Waals surface area contributed by atoms with Crippen LogP contribution < -0.4 is 10.2 Å². The van der Waals surface area contributed by atoms with E-state index in [1.165, 1.54) is 12.8 Å². The van der Waals surface area contributed by atoms with Crippen LogP contribution in [0.4, 0.5) is 11.6 Å². The first-order chi connectivity index (χ1) is 8.29. The van der Waals surface area contributed by atoms with Crippen molar-refractivity contribution in [3.63, 3.8) is 0 Å². The lowest BCUT2D eigenvalue weighted by molar-refractivity contribution is 0.436. The summed E-state index contributed by atoms with van der Waals surface area (Å²) < 4.78 is 0. The Bertz CT molecular complexity index is 345. The Kier molecular flexibility index (Phi) is 4.18. The predicted molar refractivity (Wildman–Crippen MR) is 71.4 cm³/mol. The molecular weight excluding hydrogens is 212 g/mol. The van der Waals surface area contributed by atoms with Gasteiger partial charge < -0.3 is 10.2 Å². The molecule has 0 amide bonds. The van der Waals surface area contributed by atoms with E-state index in [1.807, 2.05) is 0 Å². The van der Waals surface area contributed by atoms with E-state index in [2.05, 4.69) is 40.1 Å². The monoisotopic (exact) mass is 234 g/mol. The van der Waals surface area contributed by atoms with Crippen molar-refractivity contribution in [3.05, 3.63) is 12.4 Å². The summed E-state index contributed by atoms with van der Waals surface area (Å²) in [4.78, 5) is 11.0. The van der Waals surface area contributed by atoms with Crippen LogP contribution in [0.15, 0.2) is 12.4 Å². The molecule has 0 bridgehead atoms. The van der Waals surface area contributed by atoms with E-state index in [-0.39, 0.29) is 0 Å². The second kappa shape index (κ2) is 5.84. The molecule has 94 valence electrons. The lowest BCUT2D eigenvalue weighted by atomic mass is 9.99. The number of rotatable bonds is 4. The van der Waals surface area contributed by atoms with Crippen LogP contribution >= 0.6 is 0 Å². The number of hydrogen-bond donors (Lipinski definition) is 1. The van der Waals surface area contributed by atoms with Gasteiger partial charge in [-0.2, -0.15) is 0 Å². The molecule has 4 heteroatoms. The van der Waals surface area contributed by atoms with Crippen molar-refractivity contribution >= 4 is 11.6 Å². The van der Waals surface area contributed by atoms with Gasteiger partial charge in [0.2, 0.25) is 0 Å². The zero-order valence-electron chi connectivity index (χ0n) is 10.8. The van der Waals surface area contributed by atoms with E-state index in [4.69, 9.17) is 0 Å². The van der Waals surface area contributed by atoms with E-state index >= 15 is 0 Å². The maximum atomic E-state index is 4.37. The molecule has 1 fully saturated rings. The quantitative estimate of drug-likeness (QED) is 0.869. The Morgan fingerprint density at radius 2 is 2.12 bits per heavy atom. The summed E-state index contributed by atoms with van der Waals surface area (Å²) in [5.41, 5.74) is 0. The Morgan fingerprint density at radius 1 is 1.35 bits per heavy atom. The molecule has 0 aromatic carbocycles. The summed E-state index contributed by atoms with van der Waals surface area (Å²) in [6, 6.07) is 2.06. The summed E-state index contributed by atoms with van der Waals surface area (Å²) >= 11 is 0. The largest absolute Gasteiger partial charge is 0.370 e. The second-order valence-electron chi connectivity index (χ2n) is 4.86. The van der Waals surface area contributed by atoms with Crippen LogP contribution in [0.5, 0.6) is 0 Å². The Labute approximate surface area is 103 Å². The molecule has 2 rings (SSSR count). The fraction of sp³-hybridized carbons (Fsp3) is 0.692. The summed E-state index contributed by atoms with van der Waals surface area (Å²) in [5.74, 6) is 2.85. The molecule has 1 saturated heterocycles. The molecule has 1 aromatic rings. The van der Waals surface area contributed by atoms with Gasteiger partial charge in [-0.3, -0.25) is 0 Å². The average molecular weight is 234 g/mol. The fourth-order valence-electron chi connectivity index (χ4n) is 2.11. The minimum absolute atomic E-state index is 0.853. The van der Waals surface area contributed by atoms with Crippen molar-refractivity contribution in [2.75, 3.05) is 29.9 Å². The predicted octanol–water partition coefficient (Wildman–Crippen LogP) is 2.53. The highest BCUT2D eigenvalue weighted by atomic mass is 15.2. The minimum atomic E-state index is 0.853. The molecule has 0 unspecified atom stereocenters. The molecule has 0 saturated carbocycles. The van der Waals surface area contributed by atoms with Crippen molar-refractivity contribution in [2.24, 2.45) is 5.92 Å². The molecule has 1 aliphatic rings. The van der Waals surface area contributed by atoms with Crippen LogP contribution in [0.25, 0.3) is 0 Å². The molecule has 0 atom stereocenters. The van der Waals surface area contributed by atoms with E-state index in [9.17, 15) is 0 Å². The molecule has 0 radical (unpaired) electrons. The third-order valence-corrected chi connectivity index (χ3v) is 3.32. The lowest BCUT2D eigenvalue weighted by Gasteiger charge is -2.31. The number of aromatic nitrogens is 2. The van der Waals surface area contributed by atoms with E-state index in [0.717, 1.165) is 43.6 Å². The zero-order valence-corrected chi connectivity index (χ0v) is 10.8. The molecule has 0 aliphatic carbocycles. The normalized spacial score (nSPS) is 17.2. The van der Waals surface area contributed by atoms with Gasteiger partial charge in [-0.1, -0.05) is 13.8 Å². The second-order valence-corrected chi connectivity index (χ2v) is 4.86. The smallest absolute Gasteiger partial charge is 0.134 e. The molecule has 4 nitrogen and oxygen atoms in total. The van der Waals surface area contributed by atoms with Gasteiger partial charge in [-0.05, 0) is 25.2 Å². The van der Waals surface area contributed by atoms with Crippen LogP contribution in [-0.2, 0) is 0 Å². The van der Waals surface area contributed by atoms with Gasteiger partial charge in [0.05, 0.1) is 0 Å². The van der Waals surface area contributed by atoms with Crippen molar-refractivity contribution in [3.8, 4) is 0 Å². The molecule has 2 heterocycles. The van der Waals surface area contributed by atoms with Crippen molar-refractivity contribution < 1.29 is 0 Å². The van der Waals surface area contributed by atoms with E-state index in [0.29, 0.717) is 0 Å². The van der Waals surface area contributed by atoms with Gasteiger partial charge in [0, 0.05) is 25.7 Å². The highest BCUT2D eigenvalue weighted by Crippen LogP contribution is 2.22. The summed E-state index contributed by atoms with van der Waals surface area (Å²) in [7, 11) is 0. The van der Waals surface area contributed by atoms with E-state index < -0.39 is 0 Å². The van der Waals surface area contributed by atoms with Crippen LogP contribution in [0.2, 0.25) is 0 Å². The number of nitrogens with zero attached hydrogens (tertiary/aromatic N) is 3. The molecule has 1 aliphatic heterocycles. The summed E-state index contributed by atoms with van der Waals surface area (Å²) in [5, 5.41) is 3.30. The Hall–Kier alpha value is -1.32. The van der Waals surface area contributed by atoms with Gasteiger partial charge in [0.25, 0.3) is 0 Å². The third-order valence-electron chi connectivity index (χ3n) is 3.32. The molecular formula is C13H22N4. The van der Waals surface area contributed by atoms with Crippen LogP contribution in [0.1, 0.15) is 33.1 Å². The average Bonchev–Trinajstić information content (AvgIpc) is 2.37. The summed E-state index contributed by atoms with van der Waals surface area (Å²) in [6.07, 6.45) is 5.30. The fourth-order valence-corrected chi connectivity index (χ4v) is 2.11. The highest BCUT2D eigenvalue weighted by molar-refractivity contribution is 5.48. The molecule has 0 spiro atoms. The summed E-state index contributed by atoms with van der Waals surface area (Å²) in [6.45, 7) is 7.68. The zero-order chi connectivity index (χ0) is 12.1. The topological polar surface area (TPSA) is 41.0 Å². The van der Waals surface area contributed by atoms with Crippen LogP contribution in [-0.4, -0.2) is 29.6 Å². The van der Waals surface area contributed by atoms with Gasteiger partial charge in [0.15, 0.2) is 0 Å². The first kappa shape index (κ1) is 12.1. The lowest BCUT2D eigenvalue weighted by Crippen LogP contribution is -2.33. The Balaban J connectivity index is 2.00. The van der Waals surface area contributed by atoms with Crippen LogP contribution in [0.3, 0.4) is 0 Å². The Morgan fingerprint density at radius 3 is 2.82 bits per heavy atom. The van der Waals surface area contributed by atoms with Crippen molar-refractivity contribution in [2.45, 2.75) is 33.1 Å². The van der Waals surface area contributed by atoms with Gasteiger partial charge in [-0.25, -0.2) is 9.97 Å². The first-order valence-corrected chi connectivity index (χ1v) is 6.60. The van der Waals surface area contributed by atoms with Gasteiger partial charge in [0.1, 0.15) is 18.0 Å². The highest BCUT2D eigenvalue weighted by Gasteiger charge is 2.17. The molecule has 1 N–H and O–H groups in total. The maximum absolute atomic E-state index is 4.37. The number of piperidine rings is 1. The number of hydrogen-bond acceptors (Lipinski definition) is 4. The van der Waals surface area contributed by atoms with E-state index in [1.54, 1.807) is 6.33 Å². The third kappa shape index (κ3) is 3.32. The molecule has 1 aromatic heterocycles. The SMILES string of the molecule is CCCNc1cc(N2CCC(C)CC2)ncn1. The standard InChI is InChI=1S/C13H22N4/c1-3-6-14-12-9-13(16-10-15-12)17-7-4-11(2)5-8-17/h9-11H,3-8H2,1-2H3,(H,14,15,16). The van der Waals surface area contributed by atoms with Gasteiger partial charge in [-0.15, -0.1) is 0 Å². The maximum Gasteiger partial charge on any atom is 0.134 e. The number of anilines is 2. The molecule has 17 heavy (non-hydrogen) atoms. The van der Waals surface area contributed by atoms with Gasteiger partial charge >= 0.3 is 0 Å². The number of nitrogens with one attached hydrogen (secondary N) is 1.